The second-order valence-electron chi connectivity index (χ2n) is 5.03. The summed E-state index contributed by atoms with van der Waals surface area (Å²) >= 11 is 5.94. The Kier molecular flexibility index (Phi) is 5.37. The average molecular weight is 304 g/mol. The maximum absolute atomic E-state index is 10.9. The quantitative estimate of drug-likeness (QED) is 0.853. The van der Waals surface area contributed by atoms with Crippen LogP contribution in [0.5, 0.6) is 0 Å². The van der Waals surface area contributed by atoms with Crippen molar-refractivity contribution >= 4 is 17.6 Å². The molecule has 1 atom stereocenters. The number of aliphatic carboxylic acids is 1. The van der Waals surface area contributed by atoms with Crippen molar-refractivity contribution in [2.45, 2.75) is 25.9 Å². The molecule has 0 amide bonds. The number of benzene rings is 2. The van der Waals surface area contributed by atoms with Gasteiger partial charge in [-0.25, -0.2) is 0 Å². The number of rotatable bonds is 6. The smallest absolute Gasteiger partial charge is 0.310 e. The monoisotopic (exact) mass is 303 g/mol. The molecule has 0 spiro atoms. The lowest BCUT2D eigenvalue weighted by atomic mass is 10.00. The average Bonchev–Trinajstić information content (AvgIpc) is 2.47. The van der Waals surface area contributed by atoms with Crippen molar-refractivity contribution in [3.8, 4) is 0 Å². The molecule has 21 heavy (non-hydrogen) atoms. The second kappa shape index (κ2) is 7.25. The van der Waals surface area contributed by atoms with Gasteiger partial charge in [0.05, 0.1) is 5.92 Å². The van der Waals surface area contributed by atoms with Gasteiger partial charge in [-0.1, -0.05) is 48.0 Å². The fourth-order valence-electron chi connectivity index (χ4n) is 2.06. The zero-order valence-corrected chi connectivity index (χ0v) is 12.6. The Hall–Kier alpha value is -1.84. The molecule has 4 heteroatoms. The van der Waals surface area contributed by atoms with Gasteiger partial charge in [0, 0.05) is 18.1 Å². The number of hydrogen-bond acceptors (Lipinski definition) is 2. The van der Waals surface area contributed by atoms with Gasteiger partial charge in [0.2, 0.25) is 0 Å². The first kappa shape index (κ1) is 15.5. The minimum atomic E-state index is -0.804. The van der Waals surface area contributed by atoms with Gasteiger partial charge in [-0.3, -0.25) is 4.79 Å². The predicted octanol–water partition coefficient (Wildman–Crippen LogP) is 3.82. The van der Waals surface area contributed by atoms with Crippen molar-refractivity contribution < 1.29 is 9.90 Å². The van der Waals surface area contributed by atoms with E-state index >= 15 is 0 Å². The number of hydrogen-bond donors (Lipinski definition) is 2. The zero-order chi connectivity index (χ0) is 15.2. The van der Waals surface area contributed by atoms with Crippen LogP contribution in [0.25, 0.3) is 0 Å². The van der Waals surface area contributed by atoms with Gasteiger partial charge in [0.1, 0.15) is 0 Å². The molecule has 0 radical (unpaired) electrons. The van der Waals surface area contributed by atoms with Gasteiger partial charge < -0.3 is 10.4 Å². The summed E-state index contributed by atoms with van der Waals surface area (Å²) in [6, 6.07) is 15.4. The number of halogens is 1. The molecule has 2 aromatic carbocycles. The van der Waals surface area contributed by atoms with Crippen LogP contribution in [0.15, 0.2) is 48.5 Å². The number of nitrogens with one attached hydrogen (secondary N) is 1. The van der Waals surface area contributed by atoms with Gasteiger partial charge >= 0.3 is 5.97 Å². The van der Waals surface area contributed by atoms with E-state index in [1.165, 1.54) is 0 Å². The summed E-state index contributed by atoms with van der Waals surface area (Å²) in [5, 5.41) is 13.1. The molecule has 2 aromatic rings. The van der Waals surface area contributed by atoms with E-state index in [-0.39, 0.29) is 0 Å². The molecule has 0 fully saturated rings. The summed E-state index contributed by atoms with van der Waals surface area (Å²) in [5.41, 5.74) is 3.08. The van der Waals surface area contributed by atoms with Crippen molar-refractivity contribution in [2.75, 3.05) is 0 Å². The van der Waals surface area contributed by atoms with E-state index in [0.717, 1.165) is 34.8 Å². The normalized spacial score (nSPS) is 12.1. The molecule has 0 saturated heterocycles. The molecule has 0 aliphatic carbocycles. The third-order valence-electron chi connectivity index (χ3n) is 3.40. The first-order valence-electron chi connectivity index (χ1n) is 6.83. The van der Waals surface area contributed by atoms with E-state index in [9.17, 15) is 4.79 Å². The molecule has 110 valence electrons. The molecular weight excluding hydrogens is 286 g/mol. The number of carbonyl (C=O) groups is 1. The van der Waals surface area contributed by atoms with Gasteiger partial charge in [-0.2, -0.15) is 0 Å². The lowest BCUT2D eigenvalue weighted by molar-refractivity contribution is -0.138. The summed E-state index contributed by atoms with van der Waals surface area (Å²) < 4.78 is 0. The number of carboxylic acids is 1. The lowest BCUT2D eigenvalue weighted by Crippen LogP contribution is -2.13. The Morgan fingerprint density at radius 1 is 1.14 bits per heavy atom. The van der Waals surface area contributed by atoms with E-state index < -0.39 is 11.9 Å². The Bertz CT molecular complexity index is 610. The van der Waals surface area contributed by atoms with Gasteiger partial charge in [-0.05, 0) is 35.7 Å². The van der Waals surface area contributed by atoms with E-state index in [4.69, 9.17) is 16.7 Å². The molecule has 1 unspecified atom stereocenters. The summed E-state index contributed by atoms with van der Waals surface area (Å²) in [4.78, 5) is 10.9. The first-order valence-corrected chi connectivity index (χ1v) is 7.21. The fraction of sp³-hybridized carbons (Fsp3) is 0.235. The Balaban J connectivity index is 1.88. The summed E-state index contributed by atoms with van der Waals surface area (Å²) in [6.07, 6.45) is 0. The molecule has 2 N–H and O–H groups in total. The van der Waals surface area contributed by atoms with Crippen molar-refractivity contribution in [1.29, 1.82) is 0 Å². The highest BCUT2D eigenvalue weighted by Gasteiger charge is 2.12. The minimum Gasteiger partial charge on any atom is -0.481 e. The molecule has 0 aliphatic rings. The molecule has 0 aliphatic heterocycles. The third-order valence-corrected chi connectivity index (χ3v) is 3.63. The van der Waals surface area contributed by atoms with Crippen LogP contribution < -0.4 is 5.32 Å². The van der Waals surface area contributed by atoms with Crippen LogP contribution >= 0.6 is 11.6 Å². The molecule has 0 aromatic heterocycles. The Morgan fingerprint density at radius 3 is 2.43 bits per heavy atom. The molecule has 0 bridgehead atoms. The molecular formula is C17H18ClNO2. The van der Waals surface area contributed by atoms with Crippen LogP contribution in [0.2, 0.25) is 5.02 Å². The van der Waals surface area contributed by atoms with Crippen LogP contribution in [0.3, 0.4) is 0 Å². The van der Waals surface area contributed by atoms with Crippen LogP contribution in [-0.4, -0.2) is 11.1 Å². The lowest BCUT2D eigenvalue weighted by Gasteiger charge is -2.09. The zero-order valence-electron chi connectivity index (χ0n) is 11.8. The fourth-order valence-corrected chi connectivity index (χ4v) is 2.28. The Morgan fingerprint density at radius 2 is 1.81 bits per heavy atom. The topological polar surface area (TPSA) is 49.3 Å². The highest BCUT2D eigenvalue weighted by molar-refractivity contribution is 6.30. The van der Waals surface area contributed by atoms with Crippen LogP contribution in [0.4, 0.5) is 0 Å². The van der Waals surface area contributed by atoms with Gasteiger partial charge in [0.25, 0.3) is 0 Å². The summed E-state index contributed by atoms with van der Waals surface area (Å²) in [7, 11) is 0. The second-order valence-corrected chi connectivity index (χ2v) is 5.47. The standard InChI is InChI=1S/C17H18ClNO2/c1-12(17(20)21)15-7-5-13(6-8-15)10-19-11-14-3-2-4-16(18)9-14/h2-9,12,19H,10-11H2,1H3,(H,20,21). The van der Waals surface area contributed by atoms with Crippen molar-refractivity contribution in [3.63, 3.8) is 0 Å². The third kappa shape index (κ3) is 4.59. The molecule has 0 heterocycles. The highest BCUT2D eigenvalue weighted by Crippen LogP contribution is 2.16. The minimum absolute atomic E-state index is 0.474. The molecule has 3 nitrogen and oxygen atoms in total. The SMILES string of the molecule is CC(C(=O)O)c1ccc(CNCc2cccc(Cl)c2)cc1. The van der Waals surface area contributed by atoms with Crippen molar-refractivity contribution in [3.05, 3.63) is 70.2 Å². The number of carboxylic acid groups (broad SMARTS) is 1. The van der Waals surface area contributed by atoms with Crippen molar-refractivity contribution in [2.24, 2.45) is 0 Å². The molecule has 2 rings (SSSR count). The van der Waals surface area contributed by atoms with Gasteiger partial charge in [-0.15, -0.1) is 0 Å². The van der Waals surface area contributed by atoms with E-state index in [0.29, 0.717) is 0 Å². The van der Waals surface area contributed by atoms with Gasteiger partial charge in [0.15, 0.2) is 0 Å². The van der Waals surface area contributed by atoms with Crippen molar-refractivity contribution in [1.82, 2.24) is 5.32 Å². The van der Waals surface area contributed by atoms with Crippen LogP contribution in [-0.2, 0) is 17.9 Å². The highest BCUT2D eigenvalue weighted by atomic mass is 35.5. The van der Waals surface area contributed by atoms with Crippen LogP contribution in [0, 0.1) is 0 Å². The predicted molar refractivity (Wildman–Crippen MR) is 84.5 cm³/mol. The largest absolute Gasteiger partial charge is 0.481 e. The molecule has 0 saturated carbocycles. The summed E-state index contributed by atoms with van der Waals surface area (Å²) in [5.74, 6) is -1.28. The first-order chi connectivity index (χ1) is 10.1. The summed E-state index contributed by atoms with van der Waals surface area (Å²) in [6.45, 7) is 3.16. The van der Waals surface area contributed by atoms with E-state index in [2.05, 4.69) is 5.32 Å². The van der Waals surface area contributed by atoms with Crippen LogP contribution in [0.1, 0.15) is 29.5 Å². The van der Waals surface area contributed by atoms with E-state index in [1.54, 1.807) is 6.92 Å². The Labute approximate surface area is 129 Å². The maximum Gasteiger partial charge on any atom is 0.310 e. The maximum atomic E-state index is 10.9. The van der Waals surface area contributed by atoms with E-state index in [1.807, 2.05) is 48.5 Å².